The maximum absolute atomic E-state index is 12.0. The van der Waals surface area contributed by atoms with Gasteiger partial charge in [0.05, 0.1) is 12.8 Å². The van der Waals surface area contributed by atoms with E-state index in [1.165, 1.54) is 0 Å². The highest BCUT2D eigenvalue weighted by atomic mass is 16.5. The highest BCUT2D eigenvalue weighted by Gasteiger charge is 2.24. The SMILES string of the molecule is COCCCOCc1cn(CCCC[C@H](NC(=O)N[C@@H](CCC(=O)O)C(=O)O)C(=O)O)nn1. The molecule has 0 bridgehead atoms. The van der Waals surface area contributed by atoms with Crippen molar-refractivity contribution in [3.05, 3.63) is 11.9 Å². The van der Waals surface area contributed by atoms with Crippen molar-refractivity contribution in [3.8, 4) is 0 Å². The third kappa shape index (κ3) is 12.4. The van der Waals surface area contributed by atoms with Crippen LogP contribution in [0.15, 0.2) is 6.20 Å². The van der Waals surface area contributed by atoms with Crippen LogP contribution in [-0.4, -0.2) is 86.7 Å². The lowest BCUT2D eigenvalue weighted by Crippen LogP contribution is -2.51. The Morgan fingerprint density at radius 3 is 2.27 bits per heavy atom. The predicted molar refractivity (Wildman–Crippen MR) is 111 cm³/mol. The predicted octanol–water partition coefficient (Wildman–Crippen LogP) is 0.0719. The molecule has 33 heavy (non-hydrogen) atoms. The molecular weight excluding hydrogens is 442 g/mol. The lowest BCUT2D eigenvalue weighted by atomic mass is 10.1. The first-order valence-electron chi connectivity index (χ1n) is 10.4. The van der Waals surface area contributed by atoms with Crippen molar-refractivity contribution in [1.29, 1.82) is 0 Å². The van der Waals surface area contributed by atoms with E-state index in [4.69, 9.17) is 19.7 Å². The first-order valence-corrected chi connectivity index (χ1v) is 10.4. The second-order valence-corrected chi connectivity index (χ2v) is 7.20. The van der Waals surface area contributed by atoms with Crippen molar-refractivity contribution in [2.75, 3.05) is 20.3 Å². The zero-order valence-electron chi connectivity index (χ0n) is 18.4. The van der Waals surface area contributed by atoms with Gasteiger partial charge >= 0.3 is 23.9 Å². The van der Waals surface area contributed by atoms with Crippen LogP contribution in [0.1, 0.15) is 44.2 Å². The van der Waals surface area contributed by atoms with Gasteiger partial charge in [0.25, 0.3) is 0 Å². The number of amides is 2. The number of methoxy groups -OCH3 is 1. The van der Waals surface area contributed by atoms with E-state index >= 15 is 0 Å². The van der Waals surface area contributed by atoms with Crippen molar-refractivity contribution >= 4 is 23.9 Å². The number of carbonyl (C=O) groups is 4. The molecule has 0 aliphatic heterocycles. The number of carboxylic acid groups (broad SMARTS) is 3. The van der Waals surface area contributed by atoms with Gasteiger partial charge in [0.2, 0.25) is 0 Å². The molecule has 0 unspecified atom stereocenters. The summed E-state index contributed by atoms with van der Waals surface area (Å²) in [6.07, 6.45) is 2.86. The van der Waals surface area contributed by atoms with Crippen molar-refractivity contribution in [1.82, 2.24) is 25.6 Å². The Kier molecular flexibility index (Phi) is 13.1. The molecule has 186 valence electrons. The van der Waals surface area contributed by atoms with Gasteiger partial charge in [-0.2, -0.15) is 0 Å². The van der Waals surface area contributed by atoms with E-state index in [2.05, 4.69) is 20.9 Å². The number of nitrogens with zero attached hydrogens (tertiary/aromatic N) is 3. The Labute approximate surface area is 190 Å². The lowest BCUT2D eigenvalue weighted by Gasteiger charge is -2.18. The van der Waals surface area contributed by atoms with Crippen LogP contribution in [0.3, 0.4) is 0 Å². The maximum atomic E-state index is 12.0. The molecule has 0 aliphatic carbocycles. The van der Waals surface area contributed by atoms with E-state index in [9.17, 15) is 24.3 Å². The number of aryl methyl sites for hydroxylation is 1. The molecule has 2 atom stereocenters. The van der Waals surface area contributed by atoms with Crippen LogP contribution < -0.4 is 10.6 Å². The molecule has 1 aromatic rings. The molecule has 14 heteroatoms. The number of urea groups is 1. The fourth-order valence-electron chi connectivity index (χ4n) is 2.76. The minimum absolute atomic E-state index is 0.111. The fourth-order valence-corrected chi connectivity index (χ4v) is 2.76. The lowest BCUT2D eigenvalue weighted by molar-refractivity contribution is -0.140. The van der Waals surface area contributed by atoms with Crippen LogP contribution in [0, 0.1) is 0 Å². The second kappa shape index (κ2) is 15.5. The van der Waals surface area contributed by atoms with Crippen LogP contribution >= 0.6 is 0 Å². The highest BCUT2D eigenvalue weighted by Crippen LogP contribution is 2.05. The third-order valence-electron chi connectivity index (χ3n) is 4.46. The molecule has 1 rings (SSSR count). The van der Waals surface area contributed by atoms with E-state index < -0.39 is 42.4 Å². The summed E-state index contributed by atoms with van der Waals surface area (Å²) in [7, 11) is 1.62. The number of ether oxygens (including phenoxy) is 2. The second-order valence-electron chi connectivity index (χ2n) is 7.20. The average Bonchev–Trinajstić information content (AvgIpc) is 3.20. The Morgan fingerprint density at radius 2 is 1.67 bits per heavy atom. The molecule has 0 saturated heterocycles. The Bertz CT molecular complexity index is 771. The number of hydrogen-bond donors (Lipinski definition) is 5. The van der Waals surface area contributed by atoms with E-state index in [0.717, 1.165) is 6.42 Å². The Morgan fingerprint density at radius 1 is 1.00 bits per heavy atom. The molecule has 0 aliphatic rings. The Hall–Kier alpha value is -3.26. The van der Waals surface area contributed by atoms with Crippen molar-refractivity contribution in [2.24, 2.45) is 0 Å². The number of aliphatic carboxylic acids is 3. The van der Waals surface area contributed by atoms with Gasteiger partial charge in [-0.25, -0.2) is 14.4 Å². The van der Waals surface area contributed by atoms with E-state index in [-0.39, 0.29) is 12.8 Å². The normalized spacial score (nSPS) is 12.6. The van der Waals surface area contributed by atoms with E-state index in [1.54, 1.807) is 18.0 Å². The molecule has 0 spiro atoms. The van der Waals surface area contributed by atoms with Gasteiger partial charge in [0.15, 0.2) is 0 Å². The topological polar surface area (TPSA) is 202 Å². The summed E-state index contributed by atoms with van der Waals surface area (Å²) < 4.78 is 12.0. The number of aromatic nitrogens is 3. The number of nitrogens with one attached hydrogen (secondary N) is 2. The van der Waals surface area contributed by atoms with E-state index in [1.807, 2.05) is 0 Å². The van der Waals surface area contributed by atoms with E-state index in [0.29, 0.717) is 44.9 Å². The number of hydrogen-bond acceptors (Lipinski definition) is 8. The van der Waals surface area contributed by atoms with Gasteiger partial charge in [-0.3, -0.25) is 9.48 Å². The summed E-state index contributed by atoms with van der Waals surface area (Å²) in [4.78, 5) is 45.1. The van der Waals surface area contributed by atoms with Crippen LogP contribution in [0.25, 0.3) is 0 Å². The highest BCUT2D eigenvalue weighted by molar-refractivity contribution is 5.86. The molecule has 5 N–H and O–H groups in total. The monoisotopic (exact) mass is 473 g/mol. The number of unbranched alkanes of at least 4 members (excludes halogenated alkanes) is 1. The zero-order chi connectivity index (χ0) is 24.6. The number of carboxylic acids is 3. The fraction of sp³-hybridized carbons (Fsp3) is 0.684. The Balaban J connectivity index is 2.37. The first kappa shape index (κ1) is 27.8. The summed E-state index contributed by atoms with van der Waals surface area (Å²) >= 11 is 0. The quantitative estimate of drug-likeness (QED) is 0.181. The zero-order valence-corrected chi connectivity index (χ0v) is 18.4. The summed E-state index contributed by atoms with van der Waals surface area (Å²) in [6, 6.07) is -3.67. The first-order chi connectivity index (χ1) is 15.7. The van der Waals surface area contributed by atoms with Crippen molar-refractivity contribution in [3.63, 3.8) is 0 Å². The van der Waals surface area contributed by atoms with Crippen LogP contribution in [-0.2, 0) is 37.0 Å². The van der Waals surface area contributed by atoms with Gasteiger partial charge in [-0.05, 0) is 32.1 Å². The molecule has 0 fully saturated rings. The molecular formula is C19H31N5O9. The minimum Gasteiger partial charge on any atom is -0.481 e. The molecule has 0 aromatic carbocycles. The molecule has 0 radical (unpaired) electrons. The molecule has 1 aromatic heterocycles. The van der Waals surface area contributed by atoms with Gasteiger partial charge in [-0.15, -0.1) is 5.10 Å². The van der Waals surface area contributed by atoms with Gasteiger partial charge in [-0.1, -0.05) is 5.21 Å². The third-order valence-corrected chi connectivity index (χ3v) is 4.46. The van der Waals surface area contributed by atoms with Crippen LogP contribution in [0.4, 0.5) is 4.79 Å². The summed E-state index contributed by atoms with van der Waals surface area (Å²) in [5.41, 5.74) is 0.671. The van der Waals surface area contributed by atoms with Crippen LogP contribution in [0.2, 0.25) is 0 Å². The van der Waals surface area contributed by atoms with Crippen LogP contribution in [0.5, 0.6) is 0 Å². The van der Waals surface area contributed by atoms with Gasteiger partial charge in [0, 0.05) is 33.3 Å². The minimum atomic E-state index is -1.44. The molecule has 1 heterocycles. The molecule has 14 nitrogen and oxygen atoms in total. The van der Waals surface area contributed by atoms with Crippen molar-refractivity contribution < 1.29 is 44.0 Å². The number of rotatable bonds is 18. The standard InChI is InChI=1S/C19H31N5O9/c1-32-9-4-10-33-12-13-11-24(23-22-13)8-3-2-5-14(17(27)28)20-19(31)21-15(18(29)30)6-7-16(25)26/h11,14-15H,2-10,12H2,1H3,(H,25,26)(H,27,28)(H,29,30)(H2,20,21,31)/t14-,15-/m0/s1. The van der Waals surface area contributed by atoms with Gasteiger partial charge < -0.3 is 35.4 Å². The maximum Gasteiger partial charge on any atom is 0.326 e. The number of carbonyl (C=O) groups excluding carboxylic acids is 1. The smallest absolute Gasteiger partial charge is 0.326 e. The summed E-state index contributed by atoms with van der Waals surface area (Å²) in [6.45, 7) is 1.98. The summed E-state index contributed by atoms with van der Waals surface area (Å²) in [5, 5.41) is 39.3. The largest absolute Gasteiger partial charge is 0.481 e. The molecule has 0 saturated carbocycles. The summed E-state index contributed by atoms with van der Waals surface area (Å²) in [5.74, 6) is -3.89. The average molecular weight is 473 g/mol. The van der Waals surface area contributed by atoms with Gasteiger partial charge in [0.1, 0.15) is 17.8 Å². The van der Waals surface area contributed by atoms with Crippen molar-refractivity contribution in [2.45, 2.75) is 63.8 Å². The molecule has 2 amide bonds.